The lowest BCUT2D eigenvalue weighted by atomic mass is 10.1. The number of rotatable bonds is 9. The molecule has 0 saturated carbocycles. The number of nitrogens with zero attached hydrogens (tertiary/aromatic N) is 2. The Morgan fingerprint density at radius 2 is 1.64 bits per heavy atom. The van der Waals surface area contributed by atoms with Crippen LogP contribution in [-0.4, -0.2) is 39.3 Å². The third kappa shape index (κ3) is 5.21. The van der Waals surface area contributed by atoms with Gasteiger partial charge in [-0.2, -0.15) is 4.98 Å². The predicted molar refractivity (Wildman–Crippen MR) is 124 cm³/mol. The molecule has 3 aromatic carbocycles. The first-order valence-corrected chi connectivity index (χ1v) is 11.7. The molecule has 9 heteroatoms. The summed E-state index contributed by atoms with van der Waals surface area (Å²) in [5, 5.41) is 3.99. The Morgan fingerprint density at radius 3 is 2.39 bits per heavy atom. The lowest BCUT2D eigenvalue weighted by molar-refractivity contribution is 0.354. The van der Waals surface area contributed by atoms with E-state index < -0.39 is 10.0 Å². The molecule has 0 aliphatic heterocycles. The summed E-state index contributed by atoms with van der Waals surface area (Å²) in [6.07, 6.45) is 0.489. The molecule has 0 bridgehead atoms. The number of methoxy groups -OCH3 is 2. The van der Waals surface area contributed by atoms with Gasteiger partial charge in [-0.1, -0.05) is 47.6 Å². The predicted octanol–water partition coefficient (Wildman–Crippen LogP) is 3.94. The quantitative estimate of drug-likeness (QED) is 0.399. The third-order valence-corrected chi connectivity index (χ3v) is 6.46. The monoisotopic (exact) mass is 465 g/mol. The summed E-state index contributed by atoms with van der Waals surface area (Å²) in [5.74, 6) is 1.90. The standard InChI is InChI=1S/C24H23N3O5S/c1-30-21-12-11-17(15-22(21)31-2)13-14-25-33(28,29)20-10-6-9-19(16-20)24-26-23(27-32-24)18-7-4-3-5-8-18/h3-12,15-16,25H,13-14H2,1-2H3. The summed E-state index contributed by atoms with van der Waals surface area (Å²) in [5.41, 5.74) is 2.25. The summed E-state index contributed by atoms with van der Waals surface area (Å²) < 4.78 is 44.2. The van der Waals surface area contributed by atoms with Crippen molar-refractivity contribution in [3.63, 3.8) is 0 Å². The fourth-order valence-electron chi connectivity index (χ4n) is 3.29. The van der Waals surface area contributed by atoms with Crippen LogP contribution in [-0.2, 0) is 16.4 Å². The number of benzene rings is 3. The molecule has 0 spiro atoms. The number of sulfonamides is 1. The van der Waals surface area contributed by atoms with Crippen molar-refractivity contribution < 1.29 is 22.4 Å². The van der Waals surface area contributed by atoms with Gasteiger partial charge in [0, 0.05) is 17.7 Å². The molecule has 0 saturated heterocycles. The Bertz CT molecular complexity index is 1340. The summed E-state index contributed by atoms with van der Waals surface area (Å²) in [6.45, 7) is 0.223. The first kappa shape index (κ1) is 22.5. The second kappa shape index (κ2) is 9.85. The van der Waals surface area contributed by atoms with Gasteiger partial charge in [-0.15, -0.1) is 0 Å². The molecule has 1 heterocycles. The van der Waals surface area contributed by atoms with Crippen LogP contribution in [0.25, 0.3) is 22.8 Å². The lowest BCUT2D eigenvalue weighted by Crippen LogP contribution is -2.26. The zero-order chi connectivity index (χ0) is 23.3. The molecule has 4 aromatic rings. The van der Waals surface area contributed by atoms with Crippen LogP contribution in [0, 0.1) is 0 Å². The van der Waals surface area contributed by atoms with Gasteiger partial charge in [-0.25, -0.2) is 13.1 Å². The number of ether oxygens (including phenoxy) is 2. The van der Waals surface area contributed by atoms with Crippen molar-refractivity contribution in [3.05, 3.63) is 78.4 Å². The number of hydrogen-bond donors (Lipinski definition) is 1. The van der Waals surface area contributed by atoms with Crippen molar-refractivity contribution in [2.75, 3.05) is 20.8 Å². The van der Waals surface area contributed by atoms with E-state index in [1.165, 1.54) is 12.1 Å². The van der Waals surface area contributed by atoms with Gasteiger partial charge in [-0.3, -0.25) is 0 Å². The minimum Gasteiger partial charge on any atom is -0.493 e. The van der Waals surface area contributed by atoms with Gasteiger partial charge in [-0.05, 0) is 42.3 Å². The van der Waals surface area contributed by atoms with Crippen LogP contribution in [0.15, 0.2) is 82.2 Å². The number of nitrogens with one attached hydrogen (secondary N) is 1. The molecule has 1 aromatic heterocycles. The smallest absolute Gasteiger partial charge is 0.258 e. The average molecular weight is 466 g/mol. The summed E-state index contributed by atoms with van der Waals surface area (Å²) in [6, 6.07) is 21.3. The van der Waals surface area contributed by atoms with Gasteiger partial charge in [0.2, 0.25) is 15.8 Å². The van der Waals surface area contributed by atoms with Crippen molar-refractivity contribution in [2.45, 2.75) is 11.3 Å². The minimum atomic E-state index is -3.73. The van der Waals surface area contributed by atoms with Gasteiger partial charge in [0.25, 0.3) is 5.89 Å². The van der Waals surface area contributed by atoms with E-state index in [-0.39, 0.29) is 17.3 Å². The zero-order valence-electron chi connectivity index (χ0n) is 18.2. The number of aromatic nitrogens is 2. The van der Waals surface area contributed by atoms with E-state index in [9.17, 15) is 8.42 Å². The van der Waals surface area contributed by atoms with Crippen LogP contribution in [0.5, 0.6) is 11.5 Å². The molecule has 0 radical (unpaired) electrons. The Labute approximate surface area is 192 Å². The Balaban J connectivity index is 1.46. The summed E-state index contributed by atoms with van der Waals surface area (Å²) >= 11 is 0. The topological polar surface area (TPSA) is 104 Å². The Morgan fingerprint density at radius 1 is 0.879 bits per heavy atom. The maximum absolute atomic E-state index is 12.8. The molecule has 0 fully saturated rings. The molecule has 0 aliphatic rings. The maximum atomic E-state index is 12.8. The van der Waals surface area contributed by atoms with E-state index in [4.69, 9.17) is 14.0 Å². The second-order valence-electron chi connectivity index (χ2n) is 7.15. The van der Waals surface area contributed by atoms with Gasteiger partial charge in [0.05, 0.1) is 19.1 Å². The average Bonchev–Trinajstić information content (AvgIpc) is 3.35. The molecule has 0 unspecified atom stereocenters. The van der Waals surface area contributed by atoms with Crippen LogP contribution in [0.2, 0.25) is 0 Å². The SMILES string of the molecule is COc1ccc(CCNS(=O)(=O)c2cccc(-c3nc(-c4ccccc4)no3)c2)cc1OC. The highest BCUT2D eigenvalue weighted by atomic mass is 32.2. The van der Waals surface area contributed by atoms with Crippen LogP contribution < -0.4 is 14.2 Å². The van der Waals surface area contributed by atoms with Crippen molar-refractivity contribution in [3.8, 4) is 34.3 Å². The van der Waals surface area contributed by atoms with Crippen molar-refractivity contribution in [1.29, 1.82) is 0 Å². The van der Waals surface area contributed by atoms with E-state index in [1.807, 2.05) is 42.5 Å². The summed E-state index contributed by atoms with van der Waals surface area (Å²) in [4.78, 5) is 4.51. The fraction of sp³-hybridized carbons (Fsp3) is 0.167. The third-order valence-electron chi connectivity index (χ3n) is 5.00. The molecule has 33 heavy (non-hydrogen) atoms. The molecule has 0 amide bonds. The van der Waals surface area contributed by atoms with E-state index in [0.29, 0.717) is 29.3 Å². The zero-order valence-corrected chi connectivity index (χ0v) is 19.0. The second-order valence-corrected chi connectivity index (χ2v) is 8.92. The molecular weight excluding hydrogens is 442 g/mol. The first-order valence-electron chi connectivity index (χ1n) is 10.2. The van der Waals surface area contributed by atoms with Crippen molar-refractivity contribution >= 4 is 10.0 Å². The normalized spacial score (nSPS) is 11.3. The minimum absolute atomic E-state index is 0.117. The fourth-order valence-corrected chi connectivity index (χ4v) is 4.37. The van der Waals surface area contributed by atoms with Crippen LogP contribution in [0.1, 0.15) is 5.56 Å². The molecule has 0 atom stereocenters. The van der Waals surface area contributed by atoms with E-state index >= 15 is 0 Å². The van der Waals surface area contributed by atoms with Gasteiger partial charge in [0.1, 0.15) is 0 Å². The molecule has 170 valence electrons. The Kier molecular flexibility index (Phi) is 6.71. The molecule has 4 rings (SSSR count). The molecule has 0 aliphatic carbocycles. The highest BCUT2D eigenvalue weighted by molar-refractivity contribution is 7.89. The van der Waals surface area contributed by atoms with Gasteiger partial charge >= 0.3 is 0 Å². The van der Waals surface area contributed by atoms with E-state index in [0.717, 1.165) is 11.1 Å². The first-order chi connectivity index (χ1) is 16.0. The van der Waals surface area contributed by atoms with Crippen LogP contribution >= 0.6 is 0 Å². The maximum Gasteiger partial charge on any atom is 0.258 e. The highest BCUT2D eigenvalue weighted by Gasteiger charge is 2.17. The Hall–Kier alpha value is -3.69. The van der Waals surface area contributed by atoms with E-state index in [2.05, 4.69) is 14.9 Å². The molecule has 1 N–H and O–H groups in total. The van der Waals surface area contributed by atoms with Crippen molar-refractivity contribution in [1.82, 2.24) is 14.9 Å². The van der Waals surface area contributed by atoms with Gasteiger partial charge in [0.15, 0.2) is 11.5 Å². The van der Waals surface area contributed by atoms with Crippen LogP contribution in [0.4, 0.5) is 0 Å². The van der Waals surface area contributed by atoms with E-state index in [1.54, 1.807) is 32.4 Å². The molecule has 8 nitrogen and oxygen atoms in total. The van der Waals surface area contributed by atoms with Crippen molar-refractivity contribution in [2.24, 2.45) is 0 Å². The molecular formula is C24H23N3O5S. The highest BCUT2D eigenvalue weighted by Crippen LogP contribution is 2.28. The largest absolute Gasteiger partial charge is 0.493 e. The van der Waals surface area contributed by atoms with Gasteiger partial charge < -0.3 is 14.0 Å². The van der Waals surface area contributed by atoms with Crippen LogP contribution in [0.3, 0.4) is 0 Å². The lowest BCUT2D eigenvalue weighted by Gasteiger charge is -2.10. The number of hydrogen-bond acceptors (Lipinski definition) is 7. The summed E-state index contributed by atoms with van der Waals surface area (Å²) in [7, 11) is -0.605.